The first-order chi connectivity index (χ1) is 14.5. The number of anilines is 1. The minimum atomic E-state index is -4.00. The lowest BCUT2D eigenvalue weighted by atomic mass is 9.98. The Hall–Kier alpha value is -1.92. The van der Waals surface area contributed by atoms with Gasteiger partial charge in [-0.05, 0) is 60.9 Å². The summed E-state index contributed by atoms with van der Waals surface area (Å²) in [7, 11) is 1.40. The number of aryl methyl sites for hydroxylation is 1. The van der Waals surface area contributed by atoms with Crippen molar-refractivity contribution in [3.8, 4) is 0 Å². The number of alkyl halides is 3. The van der Waals surface area contributed by atoms with Gasteiger partial charge in [-0.3, -0.25) is 0 Å². The quantitative estimate of drug-likeness (QED) is 0.424. The molecule has 0 radical (unpaired) electrons. The Labute approximate surface area is 192 Å². The minimum Gasteiger partial charge on any atom is -0.465 e. The Morgan fingerprint density at radius 3 is 2.13 bits per heavy atom. The van der Waals surface area contributed by atoms with Crippen molar-refractivity contribution in [3.63, 3.8) is 0 Å². The molecule has 2 aromatic carbocycles. The van der Waals surface area contributed by atoms with E-state index in [1.54, 1.807) is 6.07 Å². The molecule has 3 rings (SSSR count). The first-order valence-corrected chi connectivity index (χ1v) is 10.7. The van der Waals surface area contributed by atoms with Gasteiger partial charge in [0.05, 0.1) is 12.7 Å². The molecule has 0 aromatic heterocycles. The second-order valence-corrected chi connectivity index (χ2v) is 7.78. The molecule has 1 aliphatic rings. The van der Waals surface area contributed by atoms with Gasteiger partial charge in [-0.15, -0.1) is 0 Å². The van der Waals surface area contributed by atoms with Gasteiger partial charge in [0.15, 0.2) is 0 Å². The van der Waals surface area contributed by atoms with Crippen LogP contribution in [0.15, 0.2) is 36.4 Å². The van der Waals surface area contributed by atoms with Gasteiger partial charge in [-0.2, -0.15) is 13.2 Å². The van der Waals surface area contributed by atoms with E-state index in [4.69, 9.17) is 27.9 Å². The molecular formula is C23H28Cl2F3NO2. The summed E-state index contributed by atoms with van der Waals surface area (Å²) in [6.45, 7) is 7.99. The molecular weight excluding hydrogens is 450 g/mol. The number of esters is 1. The van der Waals surface area contributed by atoms with Crippen molar-refractivity contribution in [2.24, 2.45) is 0 Å². The van der Waals surface area contributed by atoms with E-state index in [2.05, 4.69) is 4.90 Å². The van der Waals surface area contributed by atoms with Gasteiger partial charge in [0, 0.05) is 41.7 Å². The molecule has 1 atom stereocenters. The van der Waals surface area contributed by atoms with Gasteiger partial charge in [-0.25, -0.2) is 4.79 Å². The van der Waals surface area contributed by atoms with Crippen molar-refractivity contribution in [3.05, 3.63) is 63.1 Å². The van der Waals surface area contributed by atoms with Gasteiger partial charge < -0.3 is 9.64 Å². The molecule has 2 aromatic rings. The van der Waals surface area contributed by atoms with Crippen molar-refractivity contribution >= 4 is 34.9 Å². The first-order valence-electron chi connectivity index (χ1n) is 9.94. The smallest absolute Gasteiger partial charge is 0.386 e. The van der Waals surface area contributed by atoms with E-state index in [0.29, 0.717) is 21.5 Å². The van der Waals surface area contributed by atoms with Crippen LogP contribution in [0.25, 0.3) is 0 Å². The number of hydrogen-bond acceptors (Lipinski definition) is 3. The minimum absolute atomic E-state index is 0.188. The predicted molar refractivity (Wildman–Crippen MR) is 122 cm³/mol. The zero-order valence-electron chi connectivity index (χ0n) is 18.3. The normalized spacial score (nSPS) is 15.4. The van der Waals surface area contributed by atoms with E-state index < -0.39 is 6.18 Å². The third kappa shape index (κ3) is 8.99. The van der Waals surface area contributed by atoms with Gasteiger partial charge in [0.25, 0.3) is 0 Å². The highest BCUT2D eigenvalue weighted by Gasteiger charge is 2.25. The molecule has 0 bridgehead atoms. The number of nitrogens with zero attached hydrogens (tertiary/aromatic N) is 1. The topological polar surface area (TPSA) is 29.5 Å². The molecule has 1 heterocycles. The summed E-state index contributed by atoms with van der Waals surface area (Å²) in [5, 5.41) is 1.35. The van der Waals surface area contributed by atoms with Crippen molar-refractivity contribution in [1.29, 1.82) is 0 Å². The van der Waals surface area contributed by atoms with Gasteiger partial charge in [-0.1, -0.05) is 37.0 Å². The standard InChI is InChI=1S/C19H19Cl2NO2.C2H3F3.C2H6/c1-12-7-17(3-4-18(12)19(23)24-2)22-6-5-13(11-22)14-8-15(20)10-16(21)9-14;1-2(3,4)5;1-2/h3-4,7-10,13H,5-6,11H2,1-2H3;1H3;1-2H3. The average molecular weight is 478 g/mol. The lowest BCUT2D eigenvalue weighted by Crippen LogP contribution is -2.19. The Bertz CT molecular complexity index is 846. The highest BCUT2D eigenvalue weighted by Crippen LogP contribution is 2.34. The number of carbonyl (C=O) groups is 1. The third-order valence-electron chi connectivity index (χ3n) is 4.52. The Morgan fingerprint density at radius 2 is 1.65 bits per heavy atom. The number of methoxy groups -OCH3 is 1. The lowest BCUT2D eigenvalue weighted by molar-refractivity contribution is -0.110. The molecule has 172 valence electrons. The second-order valence-electron chi connectivity index (χ2n) is 6.91. The molecule has 8 heteroatoms. The highest BCUT2D eigenvalue weighted by molar-refractivity contribution is 6.34. The maximum Gasteiger partial charge on any atom is 0.386 e. The van der Waals surface area contributed by atoms with Crippen LogP contribution in [0.2, 0.25) is 10.0 Å². The van der Waals surface area contributed by atoms with Crippen LogP contribution in [0.3, 0.4) is 0 Å². The fraction of sp³-hybridized carbons (Fsp3) is 0.435. The van der Waals surface area contributed by atoms with Crippen molar-refractivity contribution in [2.45, 2.75) is 46.2 Å². The van der Waals surface area contributed by atoms with Gasteiger partial charge in [0.1, 0.15) is 0 Å². The number of ether oxygens (including phenoxy) is 1. The molecule has 0 spiro atoms. The summed E-state index contributed by atoms with van der Waals surface area (Å²) < 4.78 is 35.9. The number of benzene rings is 2. The fourth-order valence-corrected chi connectivity index (χ4v) is 3.80. The number of hydrogen-bond donors (Lipinski definition) is 0. The van der Waals surface area contributed by atoms with Crippen molar-refractivity contribution in [1.82, 2.24) is 0 Å². The fourth-order valence-electron chi connectivity index (χ4n) is 3.26. The van der Waals surface area contributed by atoms with Crippen LogP contribution in [-0.2, 0) is 4.74 Å². The Morgan fingerprint density at radius 1 is 1.10 bits per heavy atom. The SMILES string of the molecule is CC.CC(F)(F)F.COC(=O)c1ccc(N2CCC(c3cc(Cl)cc(Cl)c3)C2)cc1C. The largest absolute Gasteiger partial charge is 0.465 e. The summed E-state index contributed by atoms with van der Waals surface area (Å²) >= 11 is 12.2. The molecule has 1 saturated heterocycles. The van der Waals surface area contributed by atoms with Crippen LogP contribution in [-0.4, -0.2) is 32.3 Å². The molecule has 3 nitrogen and oxygen atoms in total. The predicted octanol–water partition coefficient (Wildman–Crippen LogP) is 7.68. The number of carbonyl (C=O) groups excluding carboxylic acids is 1. The Kier molecular flexibility index (Phi) is 10.7. The maximum absolute atomic E-state index is 11.7. The van der Waals surface area contributed by atoms with E-state index >= 15 is 0 Å². The third-order valence-corrected chi connectivity index (χ3v) is 4.96. The summed E-state index contributed by atoms with van der Waals surface area (Å²) in [5.74, 6) is 0.105. The van der Waals surface area contributed by atoms with E-state index in [1.165, 1.54) is 12.7 Å². The van der Waals surface area contributed by atoms with Crippen LogP contribution in [0.1, 0.15) is 54.6 Å². The van der Waals surface area contributed by atoms with Crippen LogP contribution < -0.4 is 4.90 Å². The van der Waals surface area contributed by atoms with E-state index in [-0.39, 0.29) is 12.9 Å². The molecule has 31 heavy (non-hydrogen) atoms. The lowest BCUT2D eigenvalue weighted by Gasteiger charge is -2.20. The molecule has 0 N–H and O–H groups in total. The summed E-state index contributed by atoms with van der Waals surface area (Å²) in [6, 6.07) is 11.6. The molecule has 1 unspecified atom stereocenters. The van der Waals surface area contributed by atoms with Crippen LogP contribution in [0, 0.1) is 6.92 Å². The molecule has 0 amide bonds. The highest BCUT2D eigenvalue weighted by atomic mass is 35.5. The summed E-state index contributed by atoms with van der Waals surface area (Å²) in [6.07, 6.45) is -2.95. The number of halogens is 5. The maximum atomic E-state index is 11.7. The monoisotopic (exact) mass is 477 g/mol. The molecule has 1 aliphatic heterocycles. The first kappa shape index (κ1) is 27.1. The van der Waals surface area contributed by atoms with E-state index in [1.807, 2.05) is 51.1 Å². The Balaban J connectivity index is 0.000000605. The van der Waals surface area contributed by atoms with Crippen LogP contribution in [0.5, 0.6) is 0 Å². The second kappa shape index (κ2) is 12.2. The molecule has 0 saturated carbocycles. The molecule has 1 fully saturated rings. The van der Waals surface area contributed by atoms with Gasteiger partial charge >= 0.3 is 12.1 Å². The van der Waals surface area contributed by atoms with E-state index in [0.717, 1.165) is 30.8 Å². The molecule has 0 aliphatic carbocycles. The average Bonchev–Trinajstić information content (AvgIpc) is 3.17. The van der Waals surface area contributed by atoms with E-state index in [9.17, 15) is 18.0 Å². The van der Waals surface area contributed by atoms with Crippen LogP contribution >= 0.6 is 23.2 Å². The van der Waals surface area contributed by atoms with Crippen LogP contribution in [0.4, 0.5) is 18.9 Å². The van der Waals surface area contributed by atoms with Crippen molar-refractivity contribution < 1.29 is 22.7 Å². The number of rotatable bonds is 3. The zero-order valence-corrected chi connectivity index (χ0v) is 19.8. The zero-order chi connectivity index (χ0) is 23.8. The van der Waals surface area contributed by atoms with Gasteiger partial charge in [0.2, 0.25) is 0 Å². The van der Waals surface area contributed by atoms with Crippen molar-refractivity contribution in [2.75, 3.05) is 25.1 Å². The summed E-state index contributed by atoms with van der Waals surface area (Å²) in [5.41, 5.74) is 3.83. The summed E-state index contributed by atoms with van der Waals surface area (Å²) in [4.78, 5) is 14.0.